The lowest BCUT2D eigenvalue weighted by Crippen LogP contribution is -2.45. The molecule has 2 aliphatic rings. The average Bonchev–Trinajstić information content (AvgIpc) is 3.38. The van der Waals surface area contributed by atoms with Crippen molar-refractivity contribution in [1.82, 2.24) is 10.3 Å². The van der Waals surface area contributed by atoms with Gasteiger partial charge >= 0.3 is 5.97 Å². The standard InChI is InChI=1S/C26H40N2O5S/c1-14-8-7-9-19-20(28-19)11-21(15(2)10-18-13-34-17(4)27-18)33-23(30)12-22(29)26(5,6)25(32)16(3)24(14)31/h10,13-14,16,19-22,24,28-29,31H,7-9,11-12H2,1-6H3/b15-10+/t14-,16+,19+,20-,21-,22-,24?/m0/s1. The highest BCUT2D eigenvalue weighted by atomic mass is 32.1. The number of aromatic nitrogens is 1. The van der Waals surface area contributed by atoms with Crippen LogP contribution in [0.25, 0.3) is 6.08 Å². The number of carbonyl (C=O) groups is 2. The van der Waals surface area contributed by atoms with Crippen LogP contribution in [0.3, 0.4) is 0 Å². The smallest absolute Gasteiger partial charge is 0.309 e. The second kappa shape index (κ2) is 11.0. The number of cyclic esters (lactones) is 1. The summed E-state index contributed by atoms with van der Waals surface area (Å²) in [5.41, 5.74) is 0.567. The van der Waals surface area contributed by atoms with Gasteiger partial charge in [-0.3, -0.25) is 9.59 Å². The number of hydrogen-bond donors (Lipinski definition) is 3. The summed E-state index contributed by atoms with van der Waals surface area (Å²) in [6.07, 6.45) is 2.64. The molecule has 34 heavy (non-hydrogen) atoms. The Hall–Kier alpha value is -1.61. The van der Waals surface area contributed by atoms with E-state index in [2.05, 4.69) is 10.3 Å². The molecule has 0 amide bonds. The molecule has 0 saturated carbocycles. The molecule has 8 heteroatoms. The van der Waals surface area contributed by atoms with Gasteiger partial charge in [0.25, 0.3) is 0 Å². The van der Waals surface area contributed by atoms with Crippen LogP contribution < -0.4 is 5.32 Å². The number of aliphatic hydroxyl groups is 2. The van der Waals surface area contributed by atoms with Gasteiger partial charge < -0.3 is 20.3 Å². The van der Waals surface area contributed by atoms with Crippen molar-refractivity contribution in [1.29, 1.82) is 0 Å². The third kappa shape index (κ3) is 6.53. The molecule has 1 aromatic rings. The maximum atomic E-state index is 13.2. The molecular weight excluding hydrogens is 452 g/mol. The Morgan fingerprint density at radius 1 is 1.24 bits per heavy atom. The maximum Gasteiger partial charge on any atom is 0.309 e. The van der Waals surface area contributed by atoms with Gasteiger partial charge in [0.05, 0.1) is 34.7 Å². The molecule has 3 N–H and O–H groups in total. The zero-order valence-corrected chi connectivity index (χ0v) is 22.0. The van der Waals surface area contributed by atoms with E-state index >= 15 is 0 Å². The number of fused-ring (bicyclic) bond motifs is 1. The van der Waals surface area contributed by atoms with Crippen molar-refractivity contribution in [3.8, 4) is 0 Å². The molecule has 1 unspecified atom stereocenters. The van der Waals surface area contributed by atoms with Gasteiger partial charge in [-0.25, -0.2) is 4.98 Å². The third-order valence-corrected chi connectivity index (χ3v) is 8.37. The quantitative estimate of drug-likeness (QED) is 0.426. The summed E-state index contributed by atoms with van der Waals surface area (Å²) in [6, 6.07) is 0.615. The fraction of sp³-hybridized carbons (Fsp3) is 0.731. The predicted molar refractivity (Wildman–Crippen MR) is 133 cm³/mol. The molecule has 3 rings (SSSR count). The maximum absolute atomic E-state index is 13.2. The summed E-state index contributed by atoms with van der Waals surface area (Å²) >= 11 is 1.57. The number of Topliss-reactive ketones (excluding diaryl/α,β-unsaturated/α-hetero) is 1. The predicted octanol–water partition coefficient (Wildman–Crippen LogP) is 3.66. The summed E-state index contributed by atoms with van der Waals surface area (Å²) in [5, 5.41) is 28.1. The minimum absolute atomic E-state index is 0.0264. The Morgan fingerprint density at radius 2 is 1.94 bits per heavy atom. The van der Waals surface area contributed by atoms with Crippen molar-refractivity contribution in [3.05, 3.63) is 21.7 Å². The molecule has 2 aliphatic heterocycles. The molecule has 190 valence electrons. The van der Waals surface area contributed by atoms with Gasteiger partial charge in [0.1, 0.15) is 11.9 Å². The third-order valence-electron chi connectivity index (χ3n) is 7.58. The van der Waals surface area contributed by atoms with E-state index in [1.165, 1.54) is 0 Å². The van der Waals surface area contributed by atoms with E-state index in [4.69, 9.17) is 4.74 Å². The molecule has 0 bridgehead atoms. The summed E-state index contributed by atoms with van der Waals surface area (Å²) in [4.78, 5) is 30.5. The number of nitrogens with one attached hydrogen (secondary N) is 1. The molecule has 7 atom stereocenters. The van der Waals surface area contributed by atoms with Crippen LogP contribution in [0.4, 0.5) is 0 Å². The average molecular weight is 493 g/mol. The topological polar surface area (TPSA) is 119 Å². The van der Waals surface area contributed by atoms with Crippen molar-refractivity contribution >= 4 is 29.2 Å². The molecular formula is C26H40N2O5S. The number of esters is 1. The van der Waals surface area contributed by atoms with E-state index in [0.29, 0.717) is 12.5 Å². The number of ketones is 1. The number of aryl methyl sites for hydroxylation is 1. The van der Waals surface area contributed by atoms with Crippen molar-refractivity contribution < 1.29 is 24.5 Å². The normalized spacial score (nSPS) is 36.0. The largest absolute Gasteiger partial charge is 0.458 e. The van der Waals surface area contributed by atoms with Crippen LogP contribution in [-0.2, 0) is 14.3 Å². The van der Waals surface area contributed by atoms with Crippen LogP contribution in [0.5, 0.6) is 0 Å². The number of aliphatic hydroxyl groups excluding tert-OH is 2. The Morgan fingerprint density at radius 3 is 2.59 bits per heavy atom. The zero-order valence-electron chi connectivity index (χ0n) is 21.2. The fourth-order valence-corrected chi connectivity index (χ4v) is 5.49. The van der Waals surface area contributed by atoms with Crippen LogP contribution in [0.15, 0.2) is 11.0 Å². The highest BCUT2D eigenvalue weighted by Gasteiger charge is 2.43. The van der Waals surface area contributed by atoms with Crippen LogP contribution >= 0.6 is 11.3 Å². The second-order valence-electron chi connectivity index (χ2n) is 10.8. The minimum Gasteiger partial charge on any atom is -0.458 e. The minimum atomic E-state index is -1.21. The lowest BCUT2D eigenvalue weighted by Gasteiger charge is -2.34. The number of rotatable bonds is 2. The lowest BCUT2D eigenvalue weighted by molar-refractivity contribution is -0.154. The molecule has 0 aromatic carbocycles. The Balaban J connectivity index is 1.81. The van der Waals surface area contributed by atoms with E-state index < -0.39 is 35.6 Å². The van der Waals surface area contributed by atoms with Crippen molar-refractivity contribution in [3.63, 3.8) is 0 Å². The van der Waals surface area contributed by atoms with Gasteiger partial charge in [-0.05, 0) is 44.3 Å². The van der Waals surface area contributed by atoms with Crippen LogP contribution in [0, 0.1) is 24.2 Å². The Labute approximate surface area is 207 Å². The molecule has 7 nitrogen and oxygen atoms in total. The van der Waals surface area contributed by atoms with Crippen molar-refractivity contribution in [2.45, 2.75) is 104 Å². The lowest BCUT2D eigenvalue weighted by atomic mass is 9.73. The number of hydrogen-bond acceptors (Lipinski definition) is 8. The highest BCUT2D eigenvalue weighted by Crippen LogP contribution is 2.33. The van der Waals surface area contributed by atoms with Crippen LogP contribution in [-0.4, -0.2) is 57.3 Å². The number of carbonyl (C=O) groups excluding carboxylic acids is 2. The van der Waals surface area contributed by atoms with Gasteiger partial charge in [-0.2, -0.15) is 0 Å². The summed E-state index contributed by atoms with van der Waals surface area (Å²) < 4.78 is 5.86. The summed E-state index contributed by atoms with van der Waals surface area (Å²) in [6.45, 7) is 10.8. The summed E-state index contributed by atoms with van der Waals surface area (Å²) in [5.74, 6) is -1.43. The molecule has 3 heterocycles. The molecule has 0 aliphatic carbocycles. The van der Waals surface area contributed by atoms with E-state index in [0.717, 1.165) is 35.5 Å². The monoisotopic (exact) mass is 492 g/mol. The number of nitrogens with zero attached hydrogens (tertiary/aromatic N) is 1. The van der Waals surface area contributed by atoms with Gasteiger partial charge in [-0.15, -0.1) is 11.3 Å². The van der Waals surface area contributed by atoms with Gasteiger partial charge in [-0.1, -0.05) is 34.1 Å². The Bertz CT molecular complexity index is 911. The first-order valence-corrected chi connectivity index (χ1v) is 13.2. The van der Waals surface area contributed by atoms with E-state index in [-0.39, 0.29) is 24.2 Å². The van der Waals surface area contributed by atoms with Crippen molar-refractivity contribution in [2.24, 2.45) is 17.3 Å². The van der Waals surface area contributed by atoms with Gasteiger partial charge in [0, 0.05) is 29.8 Å². The fourth-order valence-electron chi connectivity index (χ4n) is 4.92. The molecule has 0 spiro atoms. The Kier molecular flexibility index (Phi) is 8.71. The van der Waals surface area contributed by atoms with Crippen LogP contribution in [0.2, 0.25) is 0 Å². The molecule has 1 aromatic heterocycles. The first-order valence-electron chi connectivity index (χ1n) is 12.4. The van der Waals surface area contributed by atoms with Gasteiger partial charge in [0.15, 0.2) is 0 Å². The van der Waals surface area contributed by atoms with E-state index in [1.807, 2.05) is 32.2 Å². The first-order chi connectivity index (χ1) is 15.9. The number of thiazole rings is 1. The molecule has 2 fully saturated rings. The van der Waals surface area contributed by atoms with E-state index in [9.17, 15) is 19.8 Å². The second-order valence-corrected chi connectivity index (χ2v) is 11.8. The summed E-state index contributed by atoms with van der Waals surface area (Å²) in [7, 11) is 0. The molecule has 2 saturated heterocycles. The van der Waals surface area contributed by atoms with Crippen LogP contribution in [0.1, 0.15) is 77.4 Å². The van der Waals surface area contributed by atoms with Crippen molar-refractivity contribution in [2.75, 3.05) is 0 Å². The van der Waals surface area contributed by atoms with Gasteiger partial charge in [0.2, 0.25) is 0 Å². The number of ether oxygens (including phenoxy) is 1. The first kappa shape index (κ1) is 27.0. The van der Waals surface area contributed by atoms with E-state index in [1.54, 1.807) is 32.1 Å². The zero-order chi connectivity index (χ0) is 25.2. The SMILES string of the molecule is C/C(=C\c1csc(C)n1)[C@@H]1C[C@@H]2N[C@@H]2CCC[C@H](C)C(O)[C@@H](C)C(=O)C(C)(C)[C@@H](O)CC(=O)O1. The highest BCUT2D eigenvalue weighted by molar-refractivity contribution is 7.09. The molecule has 0 radical (unpaired) electrons.